The number of aliphatic carboxylic acids is 1. The maximum Gasteiger partial charge on any atom is 0.335 e. The minimum absolute atomic E-state index is 0.156. The van der Waals surface area contributed by atoms with Gasteiger partial charge in [0.05, 0.1) is 5.56 Å². The van der Waals surface area contributed by atoms with E-state index in [1.807, 2.05) is 6.08 Å². The number of rotatable bonds is 7. The molecule has 2 N–H and O–H groups in total. The third-order valence-electron chi connectivity index (χ3n) is 6.56. The second-order valence-corrected chi connectivity index (χ2v) is 9.90. The Morgan fingerprint density at radius 1 is 0.875 bits per heavy atom. The molecule has 0 unspecified atom stereocenters. The van der Waals surface area contributed by atoms with Gasteiger partial charge in [-0.15, -0.1) is 0 Å². The lowest BCUT2D eigenvalue weighted by molar-refractivity contribution is -0.131. The summed E-state index contributed by atoms with van der Waals surface area (Å²) in [7, 11) is 0. The molecule has 1 aliphatic carbocycles. The Labute approximate surface area is 190 Å². The lowest BCUT2D eigenvalue weighted by Crippen LogP contribution is -2.33. The van der Waals surface area contributed by atoms with Crippen LogP contribution in [0.1, 0.15) is 79.6 Å². The van der Waals surface area contributed by atoms with Crippen molar-refractivity contribution in [1.82, 2.24) is 0 Å². The second-order valence-electron chi connectivity index (χ2n) is 9.90. The highest BCUT2D eigenvalue weighted by atomic mass is 16.4. The van der Waals surface area contributed by atoms with Gasteiger partial charge >= 0.3 is 11.9 Å². The number of hydrogen-bond donors (Lipinski definition) is 2. The predicted octanol–water partition coefficient (Wildman–Crippen LogP) is 6.39. The van der Waals surface area contributed by atoms with E-state index in [4.69, 9.17) is 5.11 Å². The van der Waals surface area contributed by atoms with E-state index in [1.54, 1.807) is 18.2 Å². The van der Waals surface area contributed by atoms with Crippen molar-refractivity contribution in [2.75, 3.05) is 0 Å². The fourth-order valence-corrected chi connectivity index (χ4v) is 4.46. The fraction of sp³-hybridized carbons (Fsp3) is 0.357. The molecule has 2 aromatic carbocycles. The molecule has 0 amide bonds. The van der Waals surface area contributed by atoms with Crippen molar-refractivity contribution in [3.8, 4) is 0 Å². The molecule has 4 heteroatoms. The van der Waals surface area contributed by atoms with Gasteiger partial charge in [0.25, 0.3) is 0 Å². The van der Waals surface area contributed by atoms with Gasteiger partial charge in [-0.3, -0.25) is 0 Å². The average molecular weight is 433 g/mol. The van der Waals surface area contributed by atoms with Crippen LogP contribution in [0.15, 0.2) is 60.7 Å². The summed E-state index contributed by atoms with van der Waals surface area (Å²) >= 11 is 0. The smallest absolute Gasteiger partial charge is 0.335 e. The van der Waals surface area contributed by atoms with Gasteiger partial charge in [-0.05, 0) is 82.5 Å². The van der Waals surface area contributed by atoms with Crippen molar-refractivity contribution >= 4 is 17.5 Å². The zero-order valence-electron chi connectivity index (χ0n) is 19.3. The summed E-state index contributed by atoms with van der Waals surface area (Å²) < 4.78 is 0. The third-order valence-corrected chi connectivity index (χ3v) is 6.56. The highest BCUT2D eigenvalue weighted by Crippen LogP contribution is 2.46. The van der Waals surface area contributed by atoms with Crippen molar-refractivity contribution in [3.05, 3.63) is 88.5 Å². The molecule has 168 valence electrons. The van der Waals surface area contributed by atoms with E-state index in [1.165, 1.54) is 41.7 Å². The highest BCUT2D eigenvalue weighted by Gasteiger charge is 2.36. The lowest BCUT2D eigenvalue weighted by atomic mass is 9.63. The van der Waals surface area contributed by atoms with Gasteiger partial charge in [0.15, 0.2) is 0 Å². The quantitative estimate of drug-likeness (QED) is 0.393. The Morgan fingerprint density at radius 2 is 1.53 bits per heavy atom. The topological polar surface area (TPSA) is 74.6 Å². The molecule has 2 aromatic rings. The molecule has 3 rings (SSSR count). The molecular formula is C28H32O4. The van der Waals surface area contributed by atoms with Crippen molar-refractivity contribution < 1.29 is 19.8 Å². The van der Waals surface area contributed by atoms with Crippen LogP contribution in [0.5, 0.6) is 0 Å². The summed E-state index contributed by atoms with van der Waals surface area (Å²) in [5.41, 5.74) is 6.03. The Morgan fingerprint density at radius 3 is 2.19 bits per heavy atom. The first kappa shape index (κ1) is 23.5. The lowest BCUT2D eigenvalue weighted by Gasteiger charge is -2.42. The third kappa shape index (κ3) is 5.37. The first-order valence-corrected chi connectivity index (χ1v) is 11.1. The first-order valence-electron chi connectivity index (χ1n) is 11.1. The van der Waals surface area contributed by atoms with E-state index in [-0.39, 0.29) is 16.4 Å². The fourth-order valence-electron chi connectivity index (χ4n) is 4.46. The summed E-state index contributed by atoms with van der Waals surface area (Å²) in [6, 6.07) is 13.4. The molecule has 0 fully saturated rings. The average Bonchev–Trinajstić information content (AvgIpc) is 2.74. The monoisotopic (exact) mass is 432 g/mol. The summed E-state index contributed by atoms with van der Waals surface area (Å²) in [4.78, 5) is 22.4. The Hall–Kier alpha value is -3.14. The van der Waals surface area contributed by atoms with Crippen LogP contribution < -0.4 is 0 Å². The van der Waals surface area contributed by atoms with Crippen LogP contribution in [-0.2, 0) is 22.0 Å². The van der Waals surface area contributed by atoms with Gasteiger partial charge in [-0.1, -0.05) is 64.1 Å². The van der Waals surface area contributed by atoms with Crippen molar-refractivity contribution in [2.24, 2.45) is 0 Å². The van der Waals surface area contributed by atoms with Crippen LogP contribution in [0, 0.1) is 0 Å². The van der Waals surface area contributed by atoms with E-state index in [0.29, 0.717) is 11.1 Å². The van der Waals surface area contributed by atoms with E-state index in [2.05, 4.69) is 45.9 Å². The molecule has 0 saturated carbocycles. The number of carboxylic acid groups (broad SMARTS) is 2. The molecule has 0 heterocycles. The van der Waals surface area contributed by atoms with Gasteiger partial charge in [-0.2, -0.15) is 0 Å². The van der Waals surface area contributed by atoms with Crippen LogP contribution in [-0.4, -0.2) is 22.2 Å². The van der Waals surface area contributed by atoms with Crippen LogP contribution >= 0.6 is 0 Å². The zero-order valence-corrected chi connectivity index (χ0v) is 19.3. The van der Waals surface area contributed by atoms with Crippen molar-refractivity contribution in [1.29, 1.82) is 0 Å². The molecule has 0 radical (unpaired) electrons. The normalized spacial score (nSPS) is 17.2. The SMILES string of the molecule is CC1(C)CCC(C)(C)c2cc(CCC=C(C=CC(=O)O)c3cccc(C(=O)O)c3)ccc21. The van der Waals surface area contributed by atoms with Crippen LogP contribution in [0.25, 0.3) is 5.57 Å². The van der Waals surface area contributed by atoms with E-state index in [9.17, 15) is 14.7 Å². The summed E-state index contributed by atoms with van der Waals surface area (Å²) in [6.45, 7) is 9.26. The Kier molecular flexibility index (Phi) is 6.73. The molecule has 0 spiro atoms. The van der Waals surface area contributed by atoms with Crippen LogP contribution in [0.4, 0.5) is 0 Å². The number of benzene rings is 2. The minimum Gasteiger partial charge on any atom is -0.478 e. The van der Waals surface area contributed by atoms with Gasteiger partial charge < -0.3 is 10.2 Å². The largest absolute Gasteiger partial charge is 0.478 e. The molecule has 0 atom stereocenters. The number of carboxylic acids is 2. The van der Waals surface area contributed by atoms with E-state index >= 15 is 0 Å². The zero-order chi connectivity index (χ0) is 23.5. The summed E-state index contributed by atoms with van der Waals surface area (Å²) in [6.07, 6.45) is 8.50. The summed E-state index contributed by atoms with van der Waals surface area (Å²) in [5.74, 6) is -2.04. The van der Waals surface area contributed by atoms with Crippen LogP contribution in [0.2, 0.25) is 0 Å². The molecule has 0 bridgehead atoms. The number of hydrogen-bond acceptors (Lipinski definition) is 2. The van der Waals surface area contributed by atoms with Crippen molar-refractivity contribution in [3.63, 3.8) is 0 Å². The van der Waals surface area contributed by atoms with E-state index in [0.717, 1.165) is 18.9 Å². The number of carbonyl (C=O) groups is 2. The standard InChI is InChI=1S/C28H32O4/c1-27(2)15-16-28(3,4)24-17-19(11-13-23(24)27)7-5-8-20(12-14-25(29)30)21-9-6-10-22(18-21)26(31)32/h6,8-14,17-18H,5,7,15-16H2,1-4H3,(H,29,30)(H,31,32). The van der Waals surface area contributed by atoms with Gasteiger partial charge in [0.2, 0.25) is 0 Å². The molecule has 1 aliphatic rings. The van der Waals surface area contributed by atoms with E-state index < -0.39 is 11.9 Å². The maximum absolute atomic E-state index is 11.3. The van der Waals surface area contributed by atoms with Gasteiger partial charge in [0, 0.05) is 6.08 Å². The number of aromatic carboxylic acids is 1. The Balaban J connectivity index is 1.86. The molecule has 0 aromatic heterocycles. The number of fused-ring (bicyclic) bond motifs is 1. The number of aryl methyl sites for hydroxylation is 1. The minimum atomic E-state index is -1.04. The van der Waals surface area contributed by atoms with Gasteiger partial charge in [0.1, 0.15) is 0 Å². The Bertz CT molecular complexity index is 1090. The maximum atomic E-state index is 11.3. The highest BCUT2D eigenvalue weighted by molar-refractivity contribution is 5.90. The molecular weight excluding hydrogens is 400 g/mol. The second kappa shape index (κ2) is 9.15. The molecule has 4 nitrogen and oxygen atoms in total. The number of allylic oxidation sites excluding steroid dienone is 3. The van der Waals surface area contributed by atoms with Crippen molar-refractivity contribution in [2.45, 2.75) is 64.2 Å². The molecule has 32 heavy (non-hydrogen) atoms. The molecule has 0 aliphatic heterocycles. The van der Waals surface area contributed by atoms with Gasteiger partial charge in [-0.25, -0.2) is 9.59 Å². The van der Waals surface area contributed by atoms with Crippen LogP contribution in [0.3, 0.4) is 0 Å². The molecule has 0 saturated heterocycles. The summed E-state index contributed by atoms with van der Waals surface area (Å²) in [5, 5.41) is 18.3. The predicted molar refractivity (Wildman–Crippen MR) is 128 cm³/mol. The first-order chi connectivity index (χ1) is 15.0.